The third-order valence-electron chi connectivity index (χ3n) is 2.96. The fourth-order valence-electron chi connectivity index (χ4n) is 1.87. The van der Waals surface area contributed by atoms with Crippen LogP contribution in [0.3, 0.4) is 0 Å². The van der Waals surface area contributed by atoms with Gasteiger partial charge in [-0.2, -0.15) is 5.10 Å². The molecule has 20 heavy (non-hydrogen) atoms. The van der Waals surface area contributed by atoms with E-state index < -0.39 is 0 Å². The van der Waals surface area contributed by atoms with Gasteiger partial charge in [0, 0.05) is 38.9 Å². The second kappa shape index (κ2) is 9.98. The molecule has 0 aliphatic heterocycles. The quantitative estimate of drug-likeness (QED) is 0.433. The van der Waals surface area contributed by atoms with Crippen molar-refractivity contribution in [3.05, 3.63) is 18.0 Å². The van der Waals surface area contributed by atoms with E-state index in [0.29, 0.717) is 0 Å². The molecule has 1 atom stereocenters. The zero-order valence-electron chi connectivity index (χ0n) is 13.1. The van der Waals surface area contributed by atoms with Crippen LogP contribution < -0.4 is 10.6 Å². The van der Waals surface area contributed by atoms with E-state index in [0.717, 1.165) is 25.5 Å². The minimum absolute atomic E-state index is 0. The van der Waals surface area contributed by atoms with E-state index in [1.165, 1.54) is 5.56 Å². The van der Waals surface area contributed by atoms with E-state index in [1.54, 1.807) is 7.05 Å². The summed E-state index contributed by atoms with van der Waals surface area (Å²) < 4.78 is 1.83. The maximum atomic E-state index is 4.23. The Labute approximate surface area is 139 Å². The van der Waals surface area contributed by atoms with Crippen LogP contribution in [0.1, 0.15) is 24.9 Å². The fraction of sp³-hybridized carbons (Fsp3) is 0.692. The van der Waals surface area contributed by atoms with Crippen molar-refractivity contribution in [3.63, 3.8) is 0 Å². The van der Waals surface area contributed by atoms with Crippen molar-refractivity contribution < 1.29 is 0 Å². The highest BCUT2D eigenvalue weighted by molar-refractivity contribution is 14.0. The highest BCUT2D eigenvalue weighted by Gasteiger charge is 2.16. The zero-order valence-corrected chi connectivity index (χ0v) is 15.4. The normalized spacial score (nSPS) is 13.0. The summed E-state index contributed by atoms with van der Waals surface area (Å²) >= 11 is 0. The van der Waals surface area contributed by atoms with E-state index >= 15 is 0 Å². The van der Waals surface area contributed by atoms with Crippen LogP contribution in [-0.4, -0.2) is 54.9 Å². The van der Waals surface area contributed by atoms with Crippen molar-refractivity contribution in [2.75, 3.05) is 34.2 Å². The number of halogens is 1. The van der Waals surface area contributed by atoms with Crippen molar-refractivity contribution in [3.8, 4) is 0 Å². The second-order valence-electron chi connectivity index (χ2n) is 4.81. The van der Waals surface area contributed by atoms with Crippen LogP contribution in [0, 0.1) is 0 Å². The summed E-state index contributed by atoms with van der Waals surface area (Å²) in [7, 11) is 7.87. The number of guanidine groups is 1. The van der Waals surface area contributed by atoms with Crippen molar-refractivity contribution in [2.45, 2.75) is 19.4 Å². The van der Waals surface area contributed by atoms with Gasteiger partial charge in [0.1, 0.15) is 0 Å². The topological polar surface area (TPSA) is 57.5 Å². The van der Waals surface area contributed by atoms with Crippen LogP contribution in [0.15, 0.2) is 17.4 Å². The number of nitrogens with zero attached hydrogens (tertiary/aromatic N) is 4. The lowest BCUT2D eigenvalue weighted by Gasteiger charge is -2.24. The van der Waals surface area contributed by atoms with E-state index in [9.17, 15) is 0 Å². The lowest BCUT2D eigenvalue weighted by atomic mass is 10.1. The summed E-state index contributed by atoms with van der Waals surface area (Å²) in [4.78, 5) is 6.39. The molecule has 7 heteroatoms. The molecule has 116 valence electrons. The van der Waals surface area contributed by atoms with Crippen LogP contribution in [0.2, 0.25) is 0 Å². The van der Waals surface area contributed by atoms with E-state index in [1.807, 2.05) is 17.9 Å². The molecule has 1 aromatic heterocycles. The van der Waals surface area contributed by atoms with Crippen LogP contribution in [0.5, 0.6) is 0 Å². The Hall–Kier alpha value is -0.830. The Morgan fingerprint density at radius 3 is 2.60 bits per heavy atom. The summed E-state index contributed by atoms with van der Waals surface area (Å²) in [5.74, 6) is 0.845. The van der Waals surface area contributed by atoms with Gasteiger partial charge in [0.05, 0.1) is 12.2 Å². The van der Waals surface area contributed by atoms with Crippen LogP contribution in [-0.2, 0) is 7.05 Å². The number of aliphatic imine (C=N–C) groups is 1. The maximum Gasteiger partial charge on any atom is 0.191 e. The molecular formula is C13H27IN6. The standard InChI is InChI=1S/C13H26N6.HI/c1-6-7-15-13(14-2)16-9-12(18(3)4)11-8-17-19(5)10-11;/h8,10,12H,6-7,9H2,1-5H3,(H2,14,15,16);1H. The number of rotatable bonds is 6. The maximum absolute atomic E-state index is 4.23. The number of nitrogens with one attached hydrogen (secondary N) is 2. The van der Waals surface area contributed by atoms with Crippen molar-refractivity contribution in [2.24, 2.45) is 12.0 Å². The molecule has 0 saturated heterocycles. The molecule has 0 radical (unpaired) electrons. The summed E-state index contributed by atoms with van der Waals surface area (Å²) in [5.41, 5.74) is 1.20. The number of likely N-dealkylation sites (N-methyl/N-ethyl adjacent to an activating group) is 1. The Morgan fingerprint density at radius 2 is 2.15 bits per heavy atom. The minimum Gasteiger partial charge on any atom is -0.356 e. The first-order valence-electron chi connectivity index (χ1n) is 6.68. The lowest BCUT2D eigenvalue weighted by molar-refractivity contribution is 0.298. The Morgan fingerprint density at radius 1 is 1.45 bits per heavy atom. The fourth-order valence-corrected chi connectivity index (χ4v) is 1.87. The number of aromatic nitrogens is 2. The monoisotopic (exact) mass is 394 g/mol. The molecular weight excluding hydrogens is 367 g/mol. The summed E-state index contributed by atoms with van der Waals surface area (Å²) in [6, 6.07) is 0.272. The predicted molar refractivity (Wildman–Crippen MR) is 94.7 cm³/mol. The predicted octanol–water partition coefficient (Wildman–Crippen LogP) is 1.22. The van der Waals surface area contributed by atoms with Crippen LogP contribution in [0.25, 0.3) is 0 Å². The first kappa shape index (κ1) is 19.2. The molecule has 1 rings (SSSR count). The molecule has 0 fully saturated rings. The second-order valence-corrected chi connectivity index (χ2v) is 4.81. The van der Waals surface area contributed by atoms with Crippen LogP contribution in [0.4, 0.5) is 0 Å². The van der Waals surface area contributed by atoms with Gasteiger partial charge < -0.3 is 15.5 Å². The van der Waals surface area contributed by atoms with Gasteiger partial charge in [0.25, 0.3) is 0 Å². The first-order valence-corrected chi connectivity index (χ1v) is 6.68. The largest absolute Gasteiger partial charge is 0.356 e. The summed E-state index contributed by atoms with van der Waals surface area (Å²) in [6.45, 7) is 3.86. The molecule has 0 amide bonds. The highest BCUT2D eigenvalue weighted by atomic mass is 127. The number of aryl methyl sites for hydroxylation is 1. The third kappa shape index (κ3) is 6.08. The molecule has 0 aromatic carbocycles. The molecule has 0 bridgehead atoms. The third-order valence-corrected chi connectivity index (χ3v) is 2.96. The van der Waals surface area contributed by atoms with Crippen molar-refractivity contribution in [1.82, 2.24) is 25.3 Å². The lowest BCUT2D eigenvalue weighted by Crippen LogP contribution is -2.41. The van der Waals surface area contributed by atoms with Crippen molar-refractivity contribution >= 4 is 29.9 Å². The van der Waals surface area contributed by atoms with Crippen molar-refractivity contribution in [1.29, 1.82) is 0 Å². The van der Waals surface area contributed by atoms with Gasteiger partial charge >= 0.3 is 0 Å². The average molecular weight is 394 g/mol. The number of hydrogen-bond donors (Lipinski definition) is 2. The molecule has 0 aliphatic carbocycles. The molecule has 1 unspecified atom stereocenters. The first-order chi connectivity index (χ1) is 9.08. The van der Waals surface area contributed by atoms with Gasteiger partial charge in [-0.1, -0.05) is 6.92 Å². The Bertz CT molecular complexity index is 401. The SMILES string of the molecule is CCCNC(=NC)NCC(c1cnn(C)c1)N(C)C.I. The van der Waals surface area contributed by atoms with E-state index in [-0.39, 0.29) is 30.0 Å². The molecule has 1 heterocycles. The molecule has 0 aliphatic rings. The van der Waals surface area contributed by atoms with E-state index in [4.69, 9.17) is 0 Å². The van der Waals surface area contributed by atoms with Gasteiger partial charge in [-0.3, -0.25) is 9.67 Å². The van der Waals surface area contributed by atoms with E-state index in [2.05, 4.69) is 52.8 Å². The summed E-state index contributed by atoms with van der Waals surface area (Å²) in [5, 5.41) is 10.9. The van der Waals surface area contributed by atoms with Gasteiger partial charge in [-0.15, -0.1) is 24.0 Å². The Balaban J connectivity index is 0.00000361. The highest BCUT2D eigenvalue weighted by Crippen LogP contribution is 2.15. The summed E-state index contributed by atoms with van der Waals surface area (Å²) in [6.07, 6.45) is 5.05. The van der Waals surface area contributed by atoms with Gasteiger partial charge in [0.2, 0.25) is 0 Å². The van der Waals surface area contributed by atoms with Gasteiger partial charge in [-0.05, 0) is 20.5 Å². The molecule has 0 spiro atoms. The molecule has 1 aromatic rings. The zero-order chi connectivity index (χ0) is 14.3. The van der Waals surface area contributed by atoms with Gasteiger partial charge in [0.15, 0.2) is 5.96 Å². The number of hydrogen-bond acceptors (Lipinski definition) is 3. The minimum atomic E-state index is 0. The average Bonchev–Trinajstić information content (AvgIpc) is 2.79. The molecule has 0 saturated carbocycles. The van der Waals surface area contributed by atoms with Gasteiger partial charge in [-0.25, -0.2) is 0 Å². The van der Waals surface area contributed by atoms with Crippen LogP contribution >= 0.6 is 24.0 Å². The molecule has 6 nitrogen and oxygen atoms in total. The molecule has 2 N–H and O–H groups in total. The smallest absolute Gasteiger partial charge is 0.191 e. The Kier molecular flexibility index (Phi) is 9.56.